The molecule has 0 spiro atoms. The Kier molecular flexibility index (Phi) is 2.28. The van der Waals surface area contributed by atoms with Crippen LogP contribution in [-0.4, -0.2) is 14.8 Å². The van der Waals surface area contributed by atoms with Crippen LogP contribution in [-0.2, 0) is 7.05 Å². The third-order valence-electron chi connectivity index (χ3n) is 4.34. The first kappa shape index (κ1) is 12.1. The van der Waals surface area contributed by atoms with Crippen molar-refractivity contribution in [2.75, 3.05) is 0 Å². The first-order chi connectivity index (χ1) is 10.1. The Morgan fingerprint density at radius 1 is 1.05 bits per heavy atom. The van der Waals surface area contributed by atoms with Gasteiger partial charge in [-0.3, -0.25) is 9.48 Å². The molecule has 2 heterocycles. The van der Waals surface area contributed by atoms with Crippen molar-refractivity contribution in [2.45, 2.75) is 13.8 Å². The lowest BCUT2D eigenvalue weighted by atomic mass is 9.97. The maximum absolute atomic E-state index is 12.5. The summed E-state index contributed by atoms with van der Waals surface area (Å²) < 4.78 is 1.51. The summed E-state index contributed by atoms with van der Waals surface area (Å²) in [6.45, 7) is 4.04. The van der Waals surface area contributed by atoms with E-state index in [-0.39, 0.29) is 5.56 Å². The molecular weight excluding hydrogens is 262 g/mol. The average molecular weight is 277 g/mol. The van der Waals surface area contributed by atoms with Gasteiger partial charge >= 0.3 is 0 Å². The van der Waals surface area contributed by atoms with Gasteiger partial charge in [0.1, 0.15) is 0 Å². The van der Waals surface area contributed by atoms with Crippen LogP contribution in [0.2, 0.25) is 0 Å². The molecule has 2 aromatic heterocycles. The van der Waals surface area contributed by atoms with E-state index in [0.29, 0.717) is 0 Å². The van der Waals surface area contributed by atoms with Crippen LogP contribution in [0.5, 0.6) is 0 Å². The second-order valence-electron chi connectivity index (χ2n) is 5.53. The number of aryl methyl sites for hydroxylation is 3. The van der Waals surface area contributed by atoms with E-state index in [2.05, 4.69) is 11.2 Å². The molecule has 0 aliphatic heterocycles. The van der Waals surface area contributed by atoms with Gasteiger partial charge < -0.3 is 5.10 Å². The number of rotatable bonds is 0. The monoisotopic (exact) mass is 277 g/mol. The predicted molar refractivity (Wildman–Crippen MR) is 85.8 cm³/mol. The van der Waals surface area contributed by atoms with Crippen LogP contribution in [0.4, 0.5) is 0 Å². The molecule has 0 saturated carbocycles. The molecule has 0 unspecified atom stereocenters. The fourth-order valence-corrected chi connectivity index (χ4v) is 3.22. The lowest BCUT2D eigenvalue weighted by molar-refractivity contribution is 0.718. The van der Waals surface area contributed by atoms with Gasteiger partial charge in [0.25, 0.3) is 5.56 Å². The number of fused-ring (bicyclic) bond motifs is 4. The van der Waals surface area contributed by atoms with E-state index in [1.165, 1.54) is 4.68 Å². The fourth-order valence-electron chi connectivity index (χ4n) is 3.22. The molecule has 4 heteroatoms. The summed E-state index contributed by atoms with van der Waals surface area (Å²) >= 11 is 0. The van der Waals surface area contributed by atoms with Crippen LogP contribution >= 0.6 is 0 Å². The van der Waals surface area contributed by atoms with Gasteiger partial charge in [0, 0.05) is 29.4 Å². The van der Waals surface area contributed by atoms with Crippen molar-refractivity contribution in [1.82, 2.24) is 14.8 Å². The average Bonchev–Trinajstić information content (AvgIpc) is 2.87. The van der Waals surface area contributed by atoms with Crippen LogP contribution in [0.25, 0.3) is 32.6 Å². The van der Waals surface area contributed by atoms with Crippen molar-refractivity contribution in [1.29, 1.82) is 0 Å². The number of nitrogens with zero attached hydrogens (tertiary/aromatic N) is 2. The highest BCUT2D eigenvalue weighted by Crippen LogP contribution is 2.34. The van der Waals surface area contributed by atoms with Gasteiger partial charge in [-0.15, -0.1) is 0 Å². The maximum atomic E-state index is 12.5. The molecule has 4 rings (SSSR count). The van der Waals surface area contributed by atoms with Gasteiger partial charge in [0.05, 0.1) is 16.4 Å². The summed E-state index contributed by atoms with van der Waals surface area (Å²) in [5.74, 6) is 0. The minimum absolute atomic E-state index is 0.000260. The van der Waals surface area contributed by atoms with Crippen molar-refractivity contribution in [2.24, 2.45) is 7.05 Å². The van der Waals surface area contributed by atoms with Gasteiger partial charge in [0.2, 0.25) is 0 Å². The molecule has 21 heavy (non-hydrogen) atoms. The number of hydrogen-bond acceptors (Lipinski definition) is 2. The number of nitrogens with one attached hydrogen (secondary N) is 1. The summed E-state index contributed by atoms with van der Waals surface area (Å²) in [6.07, 6.45) is 1.89. The van der Waals surface area contributed by atoms with E-state index in [9.17, 15) is 4.79 Å². The van der Waals surface area contributed by atoms with Gasteiger partial charge in [-0.2, -0.15) is 0 Å². The van der Waals surface area contributed by atoms with Crippen molar-refractivity contribution in [3.05, 3.63) is 51.9 Å². The van der Waals surface area contributed by atoms with Crippen molar-refractivity contribution in [3.8, 4) is 0 Å². The first-order valence-corrected chi connectivity index (χ1v) is 6.95. The number of aromatic amines is 1. The lowest BCUT2D eigenvalue weighted by Crippen LogP contribution is -2.20. The zero-order chi connectivity index (χ0) is 14.7. The van der Waals surface area contributed by atoms with E-state index in [1.54, 1.807) is 7.05 Å². The minimum atomic E-state index is 0.000260. The Morgan fingerprint density at radius 2 is 1.81 bits per heavy atom. The van der Waals surface area contributed by atoms with Crippen LogP contribution < -0.4 is 5.56 Å². The second kappa shape index (κ2) is 3.95. The second-order valence-corrected chi connectivity index (χ2v) is 5.53. The summed E-state index contributed by atoms with van der Waals surface area (Å²) in [6, 6.07) is 8.09. The quantitative estimate of drug-likeness (QED) is 0.536. The molecule has 1 N–H and O–H groups in total. The largest absolute Gasteiger partial charge is 0.303 e. The van der Waals surface area contributed by atoms with Gasteiger partial charge in [-0.05, 0) is 31.0 Å². The molecule has 104 valence electrons. The van der Waals surface area contributed by atoms with Crippen LogP contribution in [0.1, 0.15) is 11.1 Å². The summed E-state index contributed by atoms with van der Waals surface area (Å²) in [7, 11) is 1.74. The SMILES string of the molecule is Cc1c2c[nH]n(C)c(=O)c2c(C)c2c1nc1ccccc12. The minimum Gasteiger partial charge on any atom is -0.303 e. The first-order valence-electron chi connectivity index (χ1n) is 6.95. The van der Waals surface area contributed by atoms with E-state index >= 15 is 0 Å². The lowest BCUT2D eigenvalue weighted by Gasteiger charge is -2.09. The number of para-hydroxylation sites is 1. The van der Waals surface area contributed by atoms with Gasteiger partial charge in [-0.1, -0.05) is 18.2 Å². The maximum Gasteiger partial charge on any atom is 0.272 e. The highest BCUT2D eigenvalue weighted by atomic mass is 16.1. The predicted octanol–water partition coefficient (Wildman–Crippen LogP) is 3.18. The molecule has 0 fully saturated rings. The van der Waals surface area contributed by atoms with Gasteiger partial charge in [0.15, 0.2) is 0 Å². The van der Waals surface area contributed by atoms with Crippen molar-refractivity contribution < 1.29 is 0 Å². The van der Waals surface area contributed by atoms with E-state index in [0.717, 1.165) is 43.7 Å². The van der Waals surface area contributed by atoms with Crippen molar-refractivity contribution in [3.63, 3.8) is 0 Å². The highest BCUT2D eigenvalue weighted by molar-refractivity contribution is 6.16. The number of aromatic nitrogens is 3. The molecule has 2 aromatic carbocycles. The normalized spacial score (nSPS) is 11.8. The molecule has 4 aromatic rings. The Bertz CT molecular complexity index is 1090. The third kappa shape index (κ3) is 1.44. The zero-order valence-electron chi connectivity index (χ0n) is 12.2. The van der Waals surface area contributed by atoms with E-state index in [1.807, 2.05) is 38.2 Å². The zero-order valence-corrected chi connectivity index (χ0v) is 12.2. The van der Waals surface area contributed by atoms with Gasteiger partial charge in [-0.25, -0.2) is 4.98 Å². The molecule has 0 radical (unpaired) electrons. The van der Waals surface area contributed by atoms with E-state index < -0.39 is 0 Å². The van der Waals surface area contributed by atoms with E-state index in [4.69, 9.17) is 4.98 Å². The molecule has 0 aliphatic rings. The summed E-state index contributed by atoms with van der Waals surface area (Å²) in [5.41, 5.74) is 4.03. The molecule has 0 bridgehead atoms. The standard InChI is InChI=1S/C17H15N3O/c1-9-12-8-18-20(3)17(21)15(12)10(2)14-11-6-4-5-7-13(11)19-16(9)14/h4-8,18H,1-3H3. The Balaban J connectivity index is 2.42. The number of hydrogen-bond donors (Lipinski definition) is 1. The molecule has 0 aliphatic carbocycles. The van der Waals surface area contributed by atoms with Crippen LogP contribution in [0, 0.1) is 13.8 Å². The van der Waals surface area contributed by atoms with Crippen LogP contribution in [0.3, 0.4) is 0 Å². The molecule has 4 nitrogen and oxygen atoms in total. The van der Waals surface area contributed by atoms with Crippen molar-refractivity contribution >= 4 is 32.6 Å². The molecule has 0 atom stereocenters. The Hall–Kier alpha value is -2.62. The number of H-pyrrole nitrogens is 1. The summed E-state index contributed by atoms with van der Waals surface area (Å²) in [4.78, 5) is 17.3. The molecular formula is C17H15N3O. The third-order valence-corrected chi connectivity index (χ3v) is 4.34. The topological polar surface area (TPSA) is 50.7 Å². The fraction of sp³-hybridized carbons (Fsp3) is 0.176. The Morgan fingerprint density at radius 3 is 2.62 bits per heavy atom. The number of benzene rings is 2. The smallest absolute Gasteiger partial charge is 0.272 e. The summed E-state index contributed by atoms with van der Waals surface area (Å²) in [5, 5.41) is 6.92. The molecule has 0 amide bonds. The van der Waals surface area contributed by atoms with Crippen LogP contribution in [0.15, 0.2) is 35.3 Å². The Labute approximate surface area is 121 Å². The highest BCUT2D eigenvalue weighted by Gasteiger charge is 2.16. The molecule has 0 saturated heterocycles.